The molecule has 1 aliphatic heterocycles. The van der Waals surface area contributed by atoms with Gasteiger partial charge in [0.05, 0.1) is 0 Å². The molecule has 0 spiro atoms. The lowest BCUT2D eigenvalue weighted by molar-refractivity contribution is -0.138. The predicted molar refractivity (Wildman–Crippen MR) is 67.5 cm³/mol. The van der Waals surface area contributed by atoms with Gasteiger partial charge in [0, 0.05) is 39.5 Å². The van der Waals surface area contributed by atoms with Crippen molar-refractivity contribution in [3.63, 3.8) is 0 Å². The van der Waals surface area contributed by atoms with Gasteiger partial charge in [-0.3, -0.25) is 9.59 Å². The number of carbonyl (C=O) groups is 2. The van der Waals surface area contributed by atoms with Gasteiger partial charge in [-0.15, -0.1) is 0 Å². The largest absolute Gasteiger partial charge is 0.339 e. The van der Waals surface area contributed by atoms with E-state index < -0.39 is 0 Å². The fraction of sp³-hybridized carbons (Fsp3) is 0.846. The van der Waals surface area contributed by atoms with Gasteiger partial charge in [0.15, 0.2) is 0 Å². The smallest absolute Gasteiger partial charge is 0.222 e. The molecule has 1 fully saturated rings. The van der Waals surface area contributed by atoms with Crippen molar-refractivity contribution in [2.45, 2.75) is 40.5 Å². The second-order valence-corrected chi connectivity index (χ2v) is 5.95. The van der Waals surface area contributed by atoms with Crippen LogP contribution in [0.2, 0.25) is 0 Å². The number of hydrogen-bond donors (Lipinski definition) is 0. The molecule has 4 heteroatoms. The zero-order valence-electron chi connectivity index (χ0n) is 11.5. The molecule has 0 aromatic rings. The third-order valence-electron chi connectivity index (χ3n) is 3.17. The molecular weight excluding hydrogens is 216 g/mol. The Kier molecular flexibility index (Phi) is 4.54. The number of amides is 2. The van der Waals surface area contributed by atoms with Gasteiger partial charge in [-0.25, -0.2) is 0 Å². The van der Waals surface area contributed by atoms with Gasteiger partial charge in [0.1, 0.15) is 0 Å². The molecule has 0 saturated carbocycles. The molecule has 1 rings (SSSR count). The summed E-state index contributed by atoms with van der Waals surface area (Å²) in [5, 5.41) is 0. The normalized spacial score (nSPS) is 17.2. The van der Waals surface area contributed by atoms with Crippen LogP contribution in [0.5, 0.6) is 0 Å². The summed E-state index contributed by atoms with van der Waals surface area (Å²) in [6, 6.07) is 0. The summed E-state index contributed by atoms with van der Waals surface area (Å²) >= 11 is 0. The highest BCUT2D eigenvalue weighted by Gasteiger charge is 2.23. The summed E-state index contributed by atoms with van der Waals surface area (Å²) in [4.78, 5) is 26.8. The molecular formula is C13H24N2O2. The lowest BCUT2D eigenvalue weighted by atomic mass is 9.90. The predicted octanol–water partition coefficient (Wildman–Crippen LogP) is 1.50. The minimum Gasteiger partial charge on any atom is -0.339 e. The van der Waals surface area contributed by atoms with E-state index in [1.165, 1.54) is 0 Å². The zero-order valence-corrected chi connectivity index (χ0v) is 11.5. The molecule has 98 valence electrons. The van der Waals surface area contributed by atoms with Crippen molar-refractivity contribution in [2.75, 3.05) is 26.2 Å². The van der Waals surface area contributed by atoms with E-state index in [9.17, 15) is 9.59 Å². The zero-order chi connectivity index (χ0) is 13.1. The minimum atomic E-state index is 0.104. The molecule has 0 aromatic carbocycles. The van der Waals surface area contributed by atoms with Crippen molar-refractivity contribution in [1.82, 2.24) is 9.80 Å². The first-order valence-electron chi connectivity index (χ1n) is 6.33. The fourth-order valence-corrected chi connectivity index (χ4v) is 1.91. The van der Waals surface area contributed by atoms with Crippen molar-refractivity contribution in [1.29, 1.82) is 0 Å². The Morgan fingerprint density at radius 1 is 1.00 bits per heavy atom. The van der Waals surface area contributed by atoms with Crippen LogP contribution in [0.15, 0.2) is 0 Å². The van der Waals surface area contributed by atoms with Crippen molar-refractivity contribution in [3.05, 3.63) is 0 Å². The van der Waals surface area contributed by atoms with Gasteiger partial charge >= 0.3 is 0 Å². The molecule has 0 radical (unpaired) electrons. The maximum atomic E-state index is 11.9. The van der Waals surface area contributed by atoms with Gasteiger partial charge in [-0.2, -0.15) is 0 Å². The SMILES string of the molecule is CC(=O)N1CCN(C(=O)CCC(C)(C)C)CC1. The average molecular weight is 240 g/mol. The Morgan fingerprint density at radius 2 is 1.47 bits per heavy atom. The molecule has 0 N–H and O–H groups in total. The quantitative estimate of drug-likeness (QED) is 0.734. The molecule has 1 aliphatic rings. The summed E-state index contributed by atoms with van der Waals surface area (Å²) in [6.45, 7) is 10.7. The van der Waals surface area contributed by atoms with Crippen molar-refractivity contribution in [3.8, 4) is 0 Å². The lowest BCUT2D eigenvalue weighted by Gasteiger charge is -2.34. The summed E-state index contributed by atoms with van der Waals surface area (Å²) in [7, 11) is 0. The second kappa shape index (κ2) is 5.52. The van der Waals surface area contributed by atoms with Crippen molar-refractivity contribution < 1.29 is 9.59 Å². The number of rotatable bonds is 2. The summed E-state index contributed by atoms with van der Waals surface area (Å²) in [5.41, 5.74) is 0.205. The van der Waals surface area contributed by atoms with Crippen LogP contribution >= 0.6 is 0 Å². The standard InChI is InChI=1S/C13H24N2O2/c1-11(16)14-7-9-15(10-8-14)12(17)5-6-13(2,3)4/h5-10H2,1-4H3. The van der Waals surface area contributed by atoms with E-state index in [1.807, 2.05) is 4.90 Å². The molecule has 0 aliphatic carbocycles. The van der Waals surface area contributed by atoms with Crippen LogP contribution in [0.4, 0.5) is 0 Å². The van der Waals surface area contributed by atoms with E-state index >= 15 is 0 Å². The number of carbonyl (C=O) groups excluding carboxylic acids is 2. The molecule has 0 atom stereocenters. The summed E-state index contributed by atoms with van der Waals surface area (Å²) in [5.74, 6) is 0.329. The topological polar surface area (TPSA) is 40.6 Å². The van der Waals surface area contributed by atoms with Crippen molar-refractivity contribution >= 4 is 11.8 Å². The lowest BCUT2D eigenvalue weighted by Crippen LogP contribution is -2.50. The van der Waals surface area contributed by atoms with Crippen LogP contribution in [0, 0.1) is 5.41 Å². The Bertz CT molecular complexity index is 286. The maximum Gasteiger partial charge on any atom is 0.222 e. The van der Waals surface area contributed by atoms with E-state index in [0.717, 1.165) is 6.42 Å². The van der Waals surface area contributed by atoms with Crippen LogP contribution in [0.25, 0.3) is 0 Å². The maximum absolute atomic E-state index is 11.9. The second-order valence-electron chi connectivity index (χ2n) is 5.95. The van der Waals surface area contributed by atoms with Gasteiger partial charge in [-0.1, -0.05) is 20.8 Å². The first kappa shape index (κ1) is 14.0. The molecule has 17 heavy (non-hydrogen) atoms. The monoisotopic (exact) mass is 240 g/mol. The average Bonchev–Trinajstić information content (AvgIpc) is 2.25. The number of piperazine rings is 1. The third-order valence-corrected chi connectivity index (χ3v) is 3.17. The Morgan fingerprint density at radius 3 is 1.88 bits per heavy atom. The van der Waals surface area contributed by atoms with Gasteiger partial charge < -0.3 is 9.80 Å². The Hall–Kier alpha value is -1.06. The van der Waals surface area contributed by atoms with Gasteiger partial charge in [0.2, 0.25) is 11.8 Å². The molecule has 1 saturated heterocycles. The van der Waals surface area contributed by atoms with Crippen LogP contribution < -0.4 is 0 Å². The highest BCUT2D eigenvalue weighted by Crippen LogP contribution is 2.21. The first-order valence-corrected chi connectivity index (χ1v) is 6.33. The molecule has 0 aromatic heterocycles. The molecule has 0 bridgehead atoms. The van der Waals surface area contributed by atoms with E-state index in [4.69, 9.17) is 0 Å². The van der Waals surface area contributed by atoms with Gasteiger partial charge in [0.25, 0.3) is 0 Å². The van der Waals surface area contributed by atoms with Crippen LogP contribution in [-0.4, -0.2) is 47.8 Å². The van der Waals surface area contributed by atoms with Crippen molar-refractivity contribution in [2.24, 2.45) is 5.41 Å². The van der Waals surface area contributed by atoms with E-state index in [1.54, 1.807) is 11.8 Å². The number of hydrogen-bond acceptors (Lipinski definition) is 2. The molecule has 4 nitrogen and oxygen atoms in total. The van der Waals surface area contributed by atoms with E-state index in [2.05, 4.69) is 20.8 Å². The highest BCUT2D eigenvalue weighted by atomic mass is 16.2. The molecule has 0 unspecified atom stereocenters. The third kappa shape index (κ3) is 4.75. The summed E-state index contributed by atoms with van der Waals surface area (Å²) < 4.78 is 0. The highest BCUT2D eigenvalue weighted by molar-refractivity contribution is 5.77. The van der Waals surface area contributed by atoms with Crippen LogP contribution in [0.1, 0.15) is 40.5 Å². The Balaban J connectivity index is 2.33. The van der Waals surface area contributed by atoms with E-state index in [-0.39, 0.29) is 17.2 Å². The van der Waals surface area contributed by atoms with Crippen LogP contribution in [-0.2, 0) is 9.59 Å². The van der Waals surface area contributed by atoms with Crippen LogP contribution in [0.3, 0.4) is 0 Å². The van der Waals surface area contributed by atoms with E-state index in [0.29, 0.717) is 32.6 Å². The Labute approximate surface area is 104 Å². The molecule has 1 heterocycles. The number of nitrogens with zero attached hydrogens (tertiary/aromatic N) is 2. The fourth-order valence-electron chi connectivity index (χ4n) is 1.91. The van der Waals surface area contributed by atoms with Gasteiger partial charge in [-0.05, 0) is 11.8 Å². The first-order chi connectivity index (χ1) is 7.79. The minimum absolute atomic E-state index is 0.104. The summed E-state index contributed by atoms with van der Waals surface area (Å²) in [6.07, 6.45) is 1.53. The molecule has 2 amide bonds.